The topological polar surface area (TPSA) is 55.1 Å². The Bertz CT molecular complexity index is 493. The average Bonchev–Trinajstić information content (AvgIpc) is 2.79. The van der Waals surface area contributed by atoms with E-state index in [2.05, 4.69) is 31.9 Å². The van der Waals surface area contributed by atoms with Gasteiger partial charge in [-0.15, -0.1) is 0 Å². The van der Waals surface area contributed by atoms with Crippen molar-refractivity contribution >= 4 is 5.97 Å². The first-order chi connectivity index (χ1) is 9.92. The fraction of sp³-hybridized carbons (Fsp3) is 0.765. The number of aliphatic carboxylic acids is 1. The molecule has 3 atom stereocenters. The van der Waals surface area contributed by atoms with Gasteiger partial charge in [0.2, 0.25) is 0 Å². The van der Waals surface area contributed by atoms with Crippen molar-refractivity contribution in [3.8, 4) is 0 Å². The van der Waals surface area contributed by atoms with Crippen molar-refractivity contribution in [3.63, 3.8) is 0 Å². The van der Waals surface area contributed by atoms with Crippen LogP contribution in [-0.2, 0) is 24.7 Å². The van der Waals surface area contributed by atoms with Crippen LogP contribution in [0.3, 0.4) is 0 Å². The molecule has 4 nitrogen and oxygen atoms in total. The van der Waals surface area contributed by atoms with E-state index in [1.807, 2.05) is 11.7 Å². The van der Waals surface area contributed by atoms with Gasteiger partial charge < -0.3 is 5.11 Å². The Morgan fingerprint density at radius 2 is 2.19 bits per heavy atom. The molecule has 0 amide bonds. The highest BCUT2D eigenvalue weighted by Gasteiger charge is 2.36. The van der Waals surface area contributed by atoms with Gasteiger partial charge in [0.25, 0.3) is 0 Å². The van der Waals surface area contributed by atoms with Crippen molar-refractivity contribution in [1.29, 1.82) is 0 Å². The molecule has 0 aliphatic heterocycles. The number of aromatic nitrogens is 2. The van der Waals surface area contributed by atoms with Gasteiger partial charge in [-0.25, -0.2) is 0 Å². The number of carboxylic acids is 1. The third-order valence-corrected chi connectivity index (χ3v) is 5.14. The highest BCUT2D eigenvalue weighted by Crippen LogP contribution is 2.39. The highest BCUT2D eigenvalue weighted by molar-refractivity contribution is 5.70. The molecule has 0 aromatic carbocycles. The van der Waals surface area contributed by atoms with Crippen LogP contribution in [0.15, 0.2) is 6.07 Å². The summed E-state index contributed by atoms with van der Waals surface area (Å²) in [5.74, 6) is 0.716. The Morgan fingerprint density at radius 3 is 2.71 bits per heavy atom. The number of hydrogen-bond acceptors (Lipinski definition) is 2. The number of nitrogens with zero attached hydrogens (tertiary/aromatic N) is 2. The minimum Gasteiger partial charge on any atom is -0.481 e. The monoisotopic (exact) mass is 292 g/mol. The van der Waals surface area contributed by atoms with E-state index in [9.17, 15) is 9.90 Å². The van der Waals surface area contributed by atoms with Gasteiger partial charge in [0.05, 0.1) is 11.6 Å². The normalized spacial score (nSPS) is 26.2. The maximum atomic E-state index is 11.6. The molecule has 1 aromatic rings. The summed E-state index contributed by atoms with van der Waals surface area (Å²) in [5.41, 5.74) is 2.27. The smallest absolute Gasteiger partial charge is 0.306 e. The number of hydrogen-bond donors (Lipinski definition) is 1. The molecule has 1 fully saturated rings. The van der Waals surface area contributed by atoms with Gasteiger partial charge in [0.1, 0.15) is 0 Å². The first-order valence-electron chi connectivity index (χ1n) is 8.17. The number of rotatable bonds is 5. The summed E-state index contributed by atoms with van der Waals surface area (Å²) in [6, 6.07) is 2.14. The zero-order chi connectivity index (χ0) is 15.6. The second-order valence-electron chi connectivity index (χ2n) is 6.83. The second-order valence-corrected chi connectivity index (χ2v) is 6.83. The van der Waals surface area contributed by atoms with Gasteiger partial charge in [-0.3, -0.25) is 9.48 Å². The molecule has 1 saturated carbocycles. The quantitative estimate of drug-likeness (QED) is 0.906. The Balaban J connectivity index is 2.15. The molecule has 1 N–H and O–H groups in total. The van der Waals surface area contributed by atoms with Gasteiger partial charge >= 0.3 is 5.97 Å². The fourth-order valence-electron chi connectivity index (χ4n) is 3.66. The van der Waals surface area contributed by atoms with E-state index >= 15 is 0 Å². The zero-order valence-electron chi connectivity index (χ0n) is 13.7. The van der Waals surface area contributed by atoms with Crippen molar-refractivity contribution < 1.29 is 9.90 Å². The van der Waals surface area contributed by atoms with E-state index in [4.69, 9.17) is 0 Å². The average molecular weight is 292 g/mol. The van der Waals surface area contributed by atoms with Crippen molar-refractivity contribution in [1.82, 2.24) is 9.78 Å². The molecule has 0 bridgehead atoms. The molecule has 4 heteroatoms. The van der Waals surface area contributed by atoms with Crippen LogP contribution in [0.2, 0.25) is 0 Å². The molecule has 1 heterocycles. The SMILES string of the molecule is CCc1cc(CC2CC(C(C)C)CCC2C(=O)O)n(C)n1. The van der Waals surface area contributed by atoms with Crippen molar-refractivity contribution in [2.45, 2.75) is 52.9 Å². The van der Waals surface area contributed by atoms with Crippen LogP contribution >= 0.6 is 0 Å². The van der Waals surface area contributed by atoms with Crippen molar-refractivity contribution in [3.05, 3.63) is 17.5 Å². The Hall–Kier alpha value is -1.32. The van der Waals surface area contributed by atoms with Crippen LogP contribution in [0, 0.1) is 23.7 Å². The fourth-order valence-corrected chi connectivity index (χ4v) is 3.66. The molecule has 0 radical (unpaired) electrons. The first-order valence-corrected chi connectivity index (χ1v) is 8.17. The molecule has 118 valence electrons. The maximum Gasteiger partial charge on any atom is 0.306 e. The van der Waals surface area contributed by atoms with Crippen LogP contribution in [0.4, 0.5) is 0 Å². The first kappa shape index (κ1) is 16.1. The minimum atomic E-state index is -0.625. The van der Waals surface area contributed by atoms with Crippen molar-refractivity contribution in [2.24, 2.45) is 30.7 Å². The van der Waals surface area contributed by atoms with Crippen LogP contribution < -0.4 is 0 Å². The van der Waals surface area contributed by atoms with Gasteiger partial charge in [-0.1, -0.05) is 20.8 Å². The molecule has 2 rings (SSSR count). The zero-order valence-corrected chi connectivity index (χ0v) is 13.7. The third-order valence-electron chi connectivity index (χ3n) is 5.14. The van der Waals surface area contributed by atoms with Crippen LogP contribution in [0.1, 0.15) is 51.4 Å². The largest absolute Gasteiger partial charge is 0.481 e. The minimum absolute atomic E-state index is 0.194. The predicted molar refractivity (Wildman–Crippen MR) is 83.1 cm³/mol. The summed E-state index contributed by atoms with van der Waals surface area (Å²) in [5, 5.41) is 14.0. The van der Waals surface area contributed by atoms with Gasteiger partial charge in [-0.05, 0) is 55.9 Å². The molecule has 1 aliphatic rings. The van der Waals surface area contributed by atoms with Crippen LogP contribution in [0.5, 0.6) is 0 Å². The molecule has 0 saturated heterocycles. The lowest BCUT2D eigenvalue weighted by Gasteiger charge is -2.36. The summed E-state index contributed by atoms with van der Waals surface area (Å²) < 4.78 is 1.93. The summed E-state index contributed by atoms with van der Waals surface area (Å²) in [4.78, 5) is 11.6. The van der Waals surface area contributed by atoms with Crippen LogP contribution in [-0.4, -0.2) is 20.9 Å². The summed E-state index contributed by atoms with van der Waals surface area (Å²) in [6.07, 6.45) is 4.67. The molecule has 3 unspecified atom stereocenters. The molecular weight excluding hydrogens is 264 g/mol. The predicted octanol–water partition coefficient (Wildman–Crippen LogP) is 3.30. The standard InChI is InChI=1S/C17H28N2O2/c1-5-14-10-15(19(4)18-14)9-13-8-12(11(2)3)6-7-16(13)17(20)21/h10-13,16H,5-9H2,1-4H3,(H,20,21). The van der Waals surface area contributed by atoms with E-state index < -0.39 is 5.97 Å². The van der Waals surface area contributed by atoms with E-state index in [1.54, 1.807) is 0 Å². The van der Waals surface area contributed by atoms with Gasteiger partial charge in [0, 0.05) is 12.7 Å². The van der Waals surface area contributed by atoms with Crippen LogP contribution in [0.25, 0.3) is 0 Å². The van der Waals surface area contributed by atoms with E-state index in [-0.39, 0.29) is 11.8 Å². The Labute approximate surface area is 127 Å². The van der Waals surface area contributed by atoms with E-state index in [0.717, 1.165) is 37.8 Å². The lowest BCUT2D eigenvalue weighted by Crippen LogP contribution is -2.34. The number of carbonyl (C=O) groups is 1. The molecule has 0 spiro atoms. The molecule has 21 heavy (non-hydrogen) atoms. The van der Waals surface area contributed by atoms with Gasteiger partial charge in [0.15, 0.2) is 0 Å². The second kappa shape index (κ2) is 6.63. The van der Waals surface area contributed by atoms with E-state index in [0.29, 0.717) is 11.8 Å². The maximum absolute atomic E-state index is 11.6. The lowest BCUT2D eigenvalue weighted by atomic mass is 9.69. The summed E-state index contributed by atoms with van der Waals surface area (Å²) >= 11 is 0. The highest BCUT2D eigenvalue weighted by atomic mass is 16.4. The molecular formula is C17H28N2O2. The van der Waals surface area contributed by atoms with E-state index in [1.165, 1.54) is 5.69 Å². The lowest BCUT2D eigenvalue weighted by molar-refractivity contribution is -0.145. The molecule has 1 aromatic heterocycles. The summed E-state index contributed by atoms with van der Waals surface area (Å²) in [6.45, 7) is 6.60. The number of carboxylic acid groups (broad SMARTS) is 1. The van der Waals surface area contributed by atoms with Gasteiger partial charge in [-0.2, -0.15) is 5.10 Å². The third kappa shape index (κ3) is 3.66. The van der Waals surface area contributed by atoms with Crippen molar-refractivity contribution in [2.75, 3.05) is 0 Å². The Kier molecular flexibility index (Phi) is 5.07. The molecule has 1 aliphatic carbocycles. The summed E-state index contributed by atoms with van der Waals surface area (Å²) in [7, 11) is 1.97. The Morgan fingerprint density at radius 1 is 1.48 bits per heavy atom. The number of aryl methyl sites for hydroxylation is 2.